The Morgan fingerprint density at radius 1 is 1.27 bits per heavy atom. The number of ketones is 1. The zero-order chi connectivity index (χ0) is 10.7. The van der Waals surface area contributed by atoms with Crippen LogP contribution >= 0.6 is 11.6 Å². The summed E-state index contributed by atoms with van der Waals surface area (Å²) >= 11 is 5.78. The van der Waals surface area contributed by atoms with E-state index < -0.39 is 0 Å². The number of halogens is 1. The van der Waals surface area contributed by atoms with Gasteiger partial charge in [0.05, 0.1) is 6.04 Å². The summed E-state index contributed by atoms with van der Waals surface area (Å²) in [5.41, 5.74) is 0.749. The highest BCUT2D eigenvalue weighted by molar-refractivity contribution is 6.30. The zero-order valence-corrected chi connectivity index (χ0v) is 9.26. The van der Waals surface area contributed by atoms with Gasteiger partial charge in [0, 0.05) is 10.6 Å². The van der Waals surface area contributed by atoms with Crippen LogP contribution in [0.5, 0.6) is 0 Å². The molecular formula is C12H14ClNO. The van der Waals surface area contributed by atoms with Gasteiger partial charge in [-0.05, 0) is 43.7 Å². The fraction of sp³-hybridized carbons (Fsp3) is 0.417. The quantitative estimate of drug-likeness (QED) is 0.782. The highest BCUT2D eigenvalue weighted by Crippen LogP contribution is 2.15. The molecule has 0 spiro atoms. The largest absolute Gasteiger partial charge is 0.307 e. The van der Waals surface area contributed by atoms with Crippen molar-refractivity contribution in [1.29, 1.82) is 0 Å². The van der Waals surface area contributed by atoms with Crippen LogP contribution in [0.25, 0.3) is 0 Å². The van der Waals surface area contributed by atoms with E-state index in [4.69, 9.17) is 11.6 Å². The van der Waals surface area contributed by atoms with E-state index in [-0.39, 0.29) is 11.8 Å². The number of rotatable bonds is 2. The van der Waals surface area contributed by atoms with E-state index in [9.17, 15) is 4.79 Å². The molecule has 0 aromatic heterocycles. The molecule has 0 bridgehead atoms. The first-order valence-electron chi connectivity index (χ1n) is 5.30. The molecule has 2 rings (SSSR count). The molecule has 0 aliphatic carbocycles. The van der Waals surface area contributed by atoms with Gasteiger partial charge in [0.15, 0.2) is 5.78 Å². The number of benzene rings is 1. The van der Waals surface area contributed by atoms with Crippen LogP contribution in [0.2, 0.25) is 5.02 Å². The van der Waals surface area contributed by atoms with Gasteiger partial charge < -0.3 is 5.32 Å². The second-order valence-electron chi connectivity index (χ2n) is 3.87. The SMILES string of the molecule is O=C(c1ccc(Cl)cc1)C1CCCCN1. The average molecular weight is 224 g/mol. The predicted molar refractivity (Wildman–Crippen MR) is 61.4 cm³/mol. The van der Waals surface area contributed by atoms with E-state index >= 15 is 0 Å². The van der Waals surface area contributed by atoms with Crippen molar-refractivity contribution >= 4 is 17.4 Å². The molecular weight excluding hydrogens is 210 g/mol. The number of carbonyl (C=O) groups excluding carboxylic acids is 1. The second-order valence-corrected chi connectivity index (χ2v) is 4.31. The van der Waals surface area contributed by atoms with Crippen molar-refractivity contribution in [3.63, 3.8) is 0 Å². The maximum atomic E-state index is 12.0. The maximum Gasteiger partial charge on any atom is 0.179 e. The first-order valence-corrected chi connectivity index (χ1v) is 5.68. The first-order chi connectivity index (χ1) is 7.27. The summed E-state index contributed by atoms with van der Waals surface area (Å²) in [6, 6.07) is 7.11. The topological polar surface area (TPSA) is 29.1 Å². The van der Waals surface area contributed by atoms with Crippen LogP contribution in [0.1, 0.15) is 29.6 Å². The minimum absolute atomic E-state index is 0.0000690. The lowest BCUT2D eigenvalue weighted by atomic mass is 9.96. The van der Waals surface area contributed by atoms with E-state index in [2.05, 4.69) is 5.32 Å². The molecule has 1 fully saturated rings. The molecule has 0 radical (unpaired) electrons. The standard InChI is InChI=1S/C12H14ClNO/c13-10-6-4-9(5-7-10)12(15)11-3-1-2-8-14-11/h4-7,11,14H,1-3,8H2. The van der Waals surface area contributed by atoms with Gasteiger partial charge in [0.1, 0.15) is 0 Å². The second kappa shape index (κ2) is 4.77. The Labute approximate surface area is 94.6 Å². The monoisotopic (exact) mass is 223 g/mol. The Morgan fingerprint density at radius 2 is 2.00 bits per heavy atom. The maximum absolute atomic E-state index is 12.0. The lowest BCUT2D eigenvalue weighted by molar-refractivity contribution is 0.0927. The summed E-state index contributed by atoms with van der Waals surface area (Å²) in [4.78, 5) is 12.0. The molecule has 1 N–H and O–H groups in total. The van der Waals surface area contributed by atoms with Gasteiger partial charge in [-0.15, -0.1) is 0 Å². The van der Waals surface area contributed by atoms with Gasteiger partial charge in [-0.3, -0.25) is 4.79 Å². The molecule has 1 aromatic rings. The van der Waals surface area contributed by atoms with E-state index in [1.165, 1.54) is 6.42 Å². The van der Waals surface area contributed by atoms with Gasteiger partial charge in [-0.1, -0.05) is 18.0 Å². The molecule has 1 atom stereocenters. The van der Waals surface area contributed by atoms with E-state index in [0.717, 1.165) is 24.9 Å². The highest BCUT2D eigenvalue weighted by Gasteiger charge is 2.21. The molecule has 1 saturated heterocycles. The van der Waals surface area contributed by atoms with Crippen LogP contribution in [0, 0.1) is 0 Å². The molecule has 0 amide bonds. The van der Waals surface area contributed by atoms with Crippen molar-refractivity contribution in [3.8, 4) is 0 Å². The number of piperidine rings is 1. The van der Waals surface area contributed by atoms with Crippen molar-refractivity contribution in [3.05, 3.63) is 34.9 Å². The Bertz CT molecular complexity index is 341. The molecule has 1 aliphatic rings. The summed E-state index contributed by atoms with van der Waals surface area (Å²) in [6.07, 6.45) is 3.25. The van der Waals surface area contributed by atoms with Gasteiger partial charge in [0.2, 0.25) is 0 Å². The van der Waals surface area contributed by atoms with E-state index in [1.54, 1.807) is 24.3 Å². The third-order valence-corrected chi connectivity index (χ3v) is 3.01. The summed E-state index contributed by atoms with van der Waals surface area (Å²) in [7, 11) is 0. The number of hydrogen-bond donors (Lipinski definition) is 1. The van der Waals surface area contributed by atoms with Crippen LogP contribution < -0.4 is 5.32 Å². The molecule has 1 aromatic carbocycles. The summed E-state index contributed by atoms with van der Waals surface area (Å²) in [5, 5.41) is 3.92. The lowest BCUT2D eigenvalue weighted by Gasteiger charge is -2.22. The Hall–Kier alpha value is -0.860. The molecule has 0 saturated carbocycles. The van der Waals surface area contributed by atoms with Gasteiger partial charge >= 0.3 is 0 Å². The molecule has 15 heavy (non-hydrogen) atoms. The minimum Gasteiger partial charge on any atom is -0.307 e. The van der Waals surface area contributed by atoms with Crippen LogP contribution in [0.4, 0.5) is 0 Å². The molecule has 1 aliphatic heterocycles. The van der Waals surface area contributed by atoms with Crippen molar-refractivity contribution < 1.29 is 4.79 Å². The van der Waals surface area contributed by atoms with Crippen molar-refractivity contribution in [2.75, 3.05) is 6.54 Å². The van der Waals surface area contributed by atoms with E-state index in [0.29, 0.717) is 5.02 Å². The first kappa shape index (κ1) is 10.7. The normalized spacial score (nSPS) is 21.3. The third-order valence-electron chi connectivity index (χ3n) is 2.76. The van der Waals surface area contributed by atoms with Crippen molar-refractivity contribution in [2.24, 2.45) is 0 Å². The van der Waals surface area contributed by atoms with E-state index in [1.807, 2.05) is 0 Å². The minimum atomic E-state index is -0.0000690. The van der Waals surface area contributed by atoms with Crippen LogP contribution in [0.3, 0.4) is 0 Å². The van der Waals surface area contributed by atoms with Crippen LogP contribution in [-0.2, 0) is 0 Å². The number of hydrogen-bond acceptors (Lipinski definition) is 2. The van der Waals surface area contributed by atoms with Gasteiger partial charge in [-0.2, -0.15) is 0 Å². The Morgan fingerprint density at radius 3 is 2.60 bits per heavy atom. The molecule has 1 heterocycles. The Kier molecular flexibility index (Phi) is 3.39. The molecule has 2 nitrogen and oxygen atoms in total. The lowest BCUT2D eigenvalue weighted by Crippen LogP contribution is -2.40. The number of Topliss-reactive ketones (excluding diaryl/α,β-unsaturated/α-hetero) is 1. The summed E-state index contributed by atoms with van der Waals surface area (Å²) in [6.45, 7) is 0.948. The zero-order valence-electron chi connectivity index (χ0n) is 8.50. The predicted octanol–water partition coefficient (Wildman–Crippen LogP) is 2.66. The van der Waals surface area contributed by atoms with Gasteiger partial charge in [-0.25, -0.2) is 0 Å². The number of nitrogens with one attached hydrogen (secondary N) is 1. The molecule has 1 unspecified atom stereocenters. The fourth-order valence-corrected chi connectivity index (χ4v) is 2.02. The summed E-state index contributed by atoms with van der Waals surface area (Å²) in [5.74, 6) is 0.186. The molecule has 80 valence electrons. The van der Waals surface area contributed by atoms with Crippen LogP contribution in [-0.4, -0.2) is 18.4 Å². The Balaban J connectivity index is 2.09. The number of carbonyl (C=O) groups is 1. The summed E-state index contributed by atoms with van der Waals surface area (Å²) < 4.78 is 0. The molecule has 3 heteroatoms. The van der Waals surface area contributed by atoms with Gasteiger partial charge in [0.25, 0.3) is 0 Å². The van der Waals surface area contributed by atoms with Crippen molar-refractivity contribution in [1.82, 2.24) is 5.32 Å². The fourth-order valence-electron chi connectivity index (χ4n) is 1.89. The highest BCUT2D eigenvalue weighted by atomic mass is 35.5. The average Bonchev–Trinajstić information content (AvgIpc) is 2.30. The van der Waals surface area contributed by atoms with Crippen LogP contribution in [0.15, 0.2) is 24.3 Å². The third kappa shape index (κ3) is 2.58. The van der Waals surface area contributed by atoms with Crippen molar-refractivity contribution in [2.45, 2.75) is 25.3 Å². The smallest absolute Gasteiger partial charge is 0.179 e.